The molecule has 0 aliphatic heterocycles. The number of rotatable bonds is 4. The van der Waals surface area contributed by atoms with E-state index in [0.29, 0.717) is 13.1 Å². The van der Waals surface area contributed by atoms with E-state index in [1.807, 2.05) is 6.92 Å². The Morgan fingerprint density at radius 1 is 1.85 bits per heavy atom. The summed E-state index contributed by atoms with van der Waals surface area (Å²) in [5.41, 5.74) is 5.39. The van der Waals surface area contributed by atoms with Crippen LogP contribution in [0.3, 0.4) is 0 Å². The van der Waals surface area contributed by atoms with Crippen molar-refractivity contribution in [1.29, 1.82) is 0 Å². The zero-order valence-electron chi connectivity index (χ0n) is 7.25. The molecule has 0 amide bonds. The molecule has 2 N–H and O–H groups in total. The molecule has 0 aromatic carbocycles. The van der Waals surface area contributed by atoms with Crippen LogP contribution in [-0.4, -0.2) is 26.2 Å². The predicted octanol–water partition coefficient (Wildman–Crippen LogP) is -0.219. The van der Waals surface area contributed by atoms with E-state index < -0.39 is 4.92 Å². The molecule has 1 aromatic rings. The zero-order chi connectivity index (χ0) is 9.84. The molecule has 0 bridgehead atoms. The first-order chi connectivity index (χ1) is 6.13. The maximum Gasteiger partial charge on any atom is 0.490 e. The molecule has 0 saturated heterocycles. The summed E-state index contributed by atoms with van der Waals surface area (Å²) in [4.78, 5) is 13.1. The molecule has 1 heterocycles. The van der Waals surface area contributed by atoms with E-state index in [-0.39, 0.29) is 11.9 Å². The van der Waals surface area contributed by atoms with Crippen LogP contribution in [0.25, 0.3) is 0 Å². The Morgan fingerprint density at radius 3 is 3.00 bits per heavy atom. The quantitative estimate of drug-likeness (QED) is 0.516. The van der Waals surface area contributed by atoms with E-state index >= 15 is 0 Å². The molecule has 0 fully saturated rings. The summed E-state index contributed by atoms with van der Waals surface area (Å²) in [6.07, 6.45) is 1.34. The first-order valence-corrected chi connectivity index (χ1v) is 3.87. The Bertz CT molecular complexity index is 297. The minimum Gasteiger partial charge on any atom is -0.390 e. The van der Waals surface area contributed by atoms with Crippen molar-refractivity contribution >= 4 is 5.95 Å². The van der Waals surface area contributed by atoms with Crippen LogP contribution in [-0.2, 0) is 6.54 Å². The molecule has 0 aliphatic carbocycles. The van der Waals surface area contributed by atoms with Crippen LogP contribution in [0.5, 0.6) is 0 Å². The van der Waals surface area contributed by atoms with Crippen molar-refractivity contribution in [2.45, 2.75) is 13.5 Å². The predicted molar refractivity (Wildman–Crippen MR) is 44.9 cm³/mol. The van der Waals surface area contributed by atoms with Crippen LogP contribution < -0.4 is 5.73 Å². The van der Waals surface area contributed by atoms with Gasteiger partial charge in [0.25, 0.3) is 0 Å². The van der Waals surface area contributed by atoms with Gasteiger partial charge in [-0.25, -0.2) is 0 Å². The summed E-state index contributed by atoms with van der Waals surface area (Å²) < 4.78 is 1.43. The second-order valence-electron chi connectivity index (χ2n) is 2.86. The summed E-state index contributed by atoms with van der Waals surface area (Å²) in [7, 11) is 0. The second-order valence-corrected chi connectivity index (χ2v) is 2.86. The second kappa shape index (κ2) is 3.94. The highest BCUT2D eigenvalue weighted by Crippen LogP contribution is 2.02. The van der Waals surface area contributed by atoms with Gasteiger partial charge >= 0.3 is 5.95 Å². The van der Waals surface area contributed by atoms with Crippen molar-refractivity contribution in [1.82, 2.24) is 14.8 Å². The molecule has 1 aromatic heterocycles. The first-order valence-electron chi connectivity index (χ1n) is 3.87. The van der Waals surface area contributed by atoms with Crippen molar-refractivity contribution in [3.05, 3.63) is 16.4 Å². The zero-order valence-corrected chi connectivity index (χ0v) is 7.25. The van der Waals surface area contributed by atoms with Crippen LogP contribution in [0.2, 0.25) is 0 Å². The van der Waals surface area contributed by atoms with Crippen LogP contribution in [0, 0.1) is 16.0 Å². The number of hydrogen-bond donors (Lipinski definition) is 1. The lowest BCUT2D eigenvalue weighted by Gasteiger charge is -2.03. The van der Waals surface area contributed by atoms with Crippen molar-refractivity contribution in [2.75, 3.05) is 6.54 Å². The molecule has 0 aliphatic rings. The standard InChI is InChI=1S/C6H11N5O2/c1-5(2-7)3-10-4-8-6(9-10)11(12)13/h4-5H,2-3,7H2,1H3. The number of nitrogens with two attached hydrogens (primary N) is 1. The van der Waals surface area contributed by atoms with Gasteiger partial charge < -0.3 is 15.8 Å². The summed E-state index contributed by atoms with van der Waals surface area (Å²) in [6.45, 7) is 3.01. The normalized spacial score (nSPS) is 12.8. The van der Waals surface area contributed by atoms with E-state index in [2.05, 4.69) is 10.1 Å². The molecular formula is C6H11N5O2. The molecule has 72 valence electrons. The third-order valence-corrected chi connectivity index (χ3v) is 1.59. The Morgan fingerprint density at radius 2 is 2.54 bits per heavy atom. The Hall–Kier alpha value is -1.50. The summed E-state index contributed by atoms with van der Waals surface area (Å²) in [5, 5.41) is 13.9. The average Bonchev–Trinajstić information content (AvgIpc) is 2.52. The minimum atomic E-state index is -0.621. The summed E-state index contributed by atoms with van der Waals surface area (Å²) in [6, 6.07) is 0. The highest BCUT2D eigenvalue weighted by Gasteiger charge is 2.13. The maximum atomic E-state index is 10.2. The lowest BCUT2D eigenvalue weighted by Crippen LogP contribution is -2.17. The van der Waals surface area contributed by atoms with E-state index in [1.165, 1.54) is 11.0 Å². The van der Waals surface area contributed by atoms with E-state index in [1.54, 1.807) is 0 Å². The molecule has 13 heavy (non-hydrogen) atoms. The van der Waals surface area contributed by atoms with Crippen molar-refractivity contribution in [3.63, 3.8) is 0 Å². The van der Waals surface area contributed by atoms with Gasteiger partial charge in [0.1, 0.15) is 0 Å². The number of hydrogen-bond acceptors (Lipinski definition) is 5. The molecule has 1 atom stereocenters. The van der Waals surface area contributed by atoms with Gasteiger partial charge in [0.2, 0.25) is 6.33 Å². The summed E-state index contributed by atoms with van der Waals surface area (Å²) >= 11 is 0. The molecule has 0 radical (unpaired) electrons. The highest BCUT2D eigenvalue weighted by molar-refractivity contribution is 4.96. The molecule has 1 rings (SSSR count). The lowest BCUT2D eigenvalue weighted by molar-refractivity contribution is -0.394. The van der Waals surface area contributed by atoms with E-state index in [4.69, 9.17) is 5.73 Å². The minimum absolute atomic E-state index is 0.237. The van der Waals surface area contributed by atoms with Crippen LogP contribution >= 0.6 is 0 Å². The van der Waals surface area contributed by atoms with E-state index in [9.17, 15) is 10.1 Å². The van der Waals surface area contributed by atoms with Gasteiger partial charge in [-0.1, -0.05) is 11.9 Å². The molecular weight excluding hydrogens is 174 g/mol. The first kappa shape index (κ1) is 9.59. The number of aromatic nitrogens is 3. The number of nitro groups is 1. The highest BCUT2D eigenvalue weighted by atomic mass is 16.6. The van der Waals surface area contributed by atoms with Crippen molar-refractivity contribution in [2.24, 2.45) is 11.7 Å². The molecule has 7 nitrogen and oxygen atoms in total. The van der Waals surface area contributed by atoms with Gasteiger partial charge in [-0.15, -0.1) is 0 Å². The average molecular weight is 185 g/mol. The molecule has 7 heteroatoms. The Balaban J connectivity index is 2.64. The van der Waals surface area contributed by atoms with Crippen LogP contribution in [0.4, 0.5) is 5.95 Å². The Kier molecular flexibility index (Phi) is 2.91. The third kappa shape index (κ3) is 2.48. The van der Waals surface area contributed by atoms with Gasteiger partial charge in [0.05, 0.1) is 6.54 Å². The van der Waals surface area contributed by atoms with Gasteiger partial charge in [-0.3, -0.25) is 0 Å². The van der Waals surface area contributed by atoms with E-state index in [0.717, 1.165) is 0 Å². The smallest absolute Gasteiger partial charge is 0.390 e. The van der Waals surface area contributed by atoms with Crippen LogP contribution in [0.15, 0.2) is 6.33 Å². The van der Waals surface area contributed by atoms with Gasteiger partial charge in [-0.2, -0.15) is 4.68 Å². The van der Waals surface area contributed by atoms with Crippen molar-refractivity contribution in [3.8, 4) is 0 Å². The molecule has 0 saturated carbocycles. The molecule has 1 unspecified atom stereocenters. The monoisotopic (exact) mass is 185 g/mol. The fourth-order valence-electron chi connectivity index (χ4n) is 0.850. The van der Waals surface area contributed by atoms with Gasteiger partial charge in [0.15, 0.2) is 0 Å². The summed E-state index contributed by atoms with van der Waals surface area (Å²) in [5.74, 6) is -0.134. The largest absolute Gasteiger partial charge is 0.490 e. The lowest BCUT2D eigenvalue weighted by atomic mass is 10.2. The Labute approximate surface area is 74.7 Å². The topological polar surface area (TPSA) is 99.9 Å². The van der Waals surface area contributed by atoms with Gasteiger partial charge in [-0.05, 0) is 17.4 Å². The van der Waals surface area contributed by atoms with Crippen molar-refractivity contribution < 1.29 is 4.92 Å². The number of nitrogens with zero attached hydrogens (tertiary/aromatic N) is 4. The SMILES string of the molecule is CC(CN)Cn1cnc([N+](=O)[O-])n1. The maximum absolute atomic E-state index is 10.2. The molecule has 0 spiro atoms. The fourth-order valence-corrected chi connectivity index (χ4v) is 0.850. The fraction of sp³-hybridized carbons (Fsp3) is 0.667. The van der Waals surface area contributed by atoms with Crippen LogP contribution in [0.1, 0.15) is 6.92 Å². The third-order valence-electron chi connectivity index (χ3n) is 1.59. The van der Waals surface area contributed by atoms with Gasteiger partial charge in [0, 0.05) is 5.10 Å².